The number of hydrogen-bond donors (Lipinski definition) is 1. The zero-order valence-corrected chi connectivity index (χ0v) is 20.0. The SMILES string of the molecule is CC(C)(C)CCN1CCC2(CC[C@@H](NC(=O)CC3CCCC3=O)c3ccc(F)cc32)CC1.[HH]. The minimum absolute atomic E-state index is 0. The molecule has 0 bridgehead atoms. The van der Waals surface area contributed by atoms with Gasteiger partial charge in [0.25, 0.3) is 0 Å². The van der Waals surface area contributed by atoms with Crippen molar-refractivity contribution in [3.63, 3.8) is 0 Å². The molecular formula is C27H41FN2O2. The number of amides is 1. The Kier molecular flexibility index (Phi) is 6.76. The van der Waals surface area contributed by atoms with Crippen LogP contribution in [0.3, 0.4) is 0 Å². The molecule has 1 saturated carbocycles. The Balaban J connectivity index is 0.00000306. The maximum absolute atomic E-state index is 14.3. The standard InChI is InChI=1S/C27H39FN2O2.H2/c1-26(2,3)11-14-30-15-12-27(13-16-30)10-9-23(21-8-7-20(28)18-22(21)27)29-25(32)17-19-5-4-6-24(19)31;/h7-8,18-19,23H,4-6,9-17H2,1-3H3,(H,29,32);1H/t19?,23-;/m1./s1. The number of Topliss-reactive ketones (excluding diaryl/α,β-unsaturated/α-hetero) is 1. The molecule has 1 N–H and O–H groups in total. The van der Waals surface area contributed by atoms with Crippen LogP contribution in [0, 0.1) is 17.2 Å². The Morgan fingerprint density at radius 2 is 1.97 bits per heavy atom. The van der Waals surface area contributed by atoms with Gasteiger partial charge in [-0.1, -0.05) is 26.8 Å². The predicted molar refractivity (Wildman–Crippen MR) is 127 cm³/mol. The van der Waals surface area contributed by atoms with Crippen LogP contribution in [0.2, 0.25) is 0 Å². The third-order valence-electron chi connectivity index (χ3n) is 8.06. The summed E-state index contributed by atoms with van der Waals surface area (Å²) in [6.45, 7) is 10.1. The number of carbonyl (C=O) groups is 2. The van der Waals surface area contributed by atoms with Crippen molar-refractivity contribution in [2.24, 2.45) is 11.3 Å². The van der Waals surface area contributed by atoms with Crippen molar-refractivity contribution in [1.82, 2.24) is 10.2 Å². The zero-order chi connectivity index (χ0) is 22.9. The summed E-state index contributed by atoms with van der Waals surface area (Å²) in [5.74, 6) is -0.126. The van der Waals surface area contributed by atoms with Gasteiger partial charge in [0.1, 0.15) is 11.6 Å². The summed E-state index contributed by atoms with van der Waals surface area (Å²) >= 11 is 0. The van der Waals surface area contributed by atoms with Gasteiger partial charge in [-0.05, 0) is 98.7 Å². The second kappa shape index (κ2) is 9.24. The van der Waals surface area contributed by atoms with Crippen LogP contribution in [-0.2, 0) is 15.0 Å². The van der Waals surface area contributed by atoms with E-state index in [1.807, 2.05) is 6.07 Å². The number of halogens is 1. The summed E-state index contributed by atoms with van der Waals surface area (Å²) < 4.78 is 14.3. The van der Waals surface area contributed by atoms with Crippen molar-refractivity contribution < 1.29 is 15.4 Å². The highest BCUT2D eigenvalue weighted by molar-refractivity contribution is 5.88. The number of rotatable bonds is 5. The van der Waals surface area contributed by atoms with Gasteiger partial charge in [-0.15, -0.1) is 0 Å². The molecule has 1 aliphatic heterocycles. The van der Waals surface area contributed by atoms with Crippen LogP contribution in [0.25, 0.3) is 0 Å². The number of fused-ring (bicyclic) bond motifs is 2. The fourth-order valence-corrected chi connectivity index (χ4v) is 5.95. The molecule has 0 radical (unpaired) electrons. The molecule has 4 nitrogen and oxygen atoms in total. The Morgan fingerprint density at radius 1 is 1.22 bits per heavy atom. The molecule has 0 aromatic heterocycles. The van der Waals surface area contributed by atoms with Crippen molar-refractivity contribution in [1.29, 1.82) is 0 Å². The molecule has 1 unspecified atom stereocenters. The van der Waals surface area contributed by atoms with E-state index in [0.29, 0.717) is 18.3 Å². The van der Waals surface area contributed by atoms with E-state index in [-0.39, 0.29) is 36.3 Å². The van der Waals surface area contributed by atoms with E-state index in [1.165, 1.54) is 12.5 Å². The van der Waals surface area contributed by atoms with Gasteiger partial charge in [0, 0.05) is 20.2 Å². The van der Waals surface area contributed by atoms with Gasteiger partial charge in [0.15, 0.2) is 0 Å². The van der Waals surface area contributed by atoms with Crippen molar-refractivity contribution in [2.45, 2.75) is 90.0 Å². The number of hydrogen-bond acceptors (Lipinski definition) is 3. The smallest absolute Gasteiger partial charge is 0.221 e. The molecule has 2 fully saturated rings. The van der Waals surface area contributed by atoms with Crippen LogP contribution >= 0.6 is 0 Å². The summed E-state index contributed by atoms with van der Waals surface area (Å²) in [7, 11) is 0. The first-order chi connectivity index (χ1) is 15.2. The van der Waals surface area contributed by atoms with Gasteiger partial charge >= 0.3 is 0 Å². The van der Waals surface area contributed by atoms with Crippen molar-refractivity contribution in [3.8, 4) is 0 Å². The molecule has 1 heterocycles. The van der Waals surface area contributed by atoms with E-state index in [1.54, 1.807) is 6.07 Å². The van der Waals surface area contributed by atoms with Gasteiger partial charge in [0.2, 0.25) is 5.91 Å². The quantitative estimate of drug-likeness (QED) is 0.648. The number of ketones is 1. The second-order valence-electron chi connectivity index (χ2n) is 11.6. The van der Waals surface area contributed by atoms with Crippen LogP contribution in [0.4, 0.5) is 4.39 Å². The maximum atomic E-state index is 14.3. The lowest BCUT2D eigenvalue weighted by Gasteiger charge is -2.47. The van der Waals surface area contributed by atoms with Gasteiger partial charge in [-0.3, -0.25) is 9.59 Å². The Bertz CT molecular complexity index is 858. The highest BCUT2D eigenvalue weighted by atomic mass is 19.1. The molecular weight excluding hydrogens is 403 g/mol. The van der Waals surface area contributed by atoms with Gasteiger partial charge < -0.3 is 10.2 Å². The van der Waals surface area contributed by atoms with E-state index in [9.17, 15) is 14.0 Å². The first-order valence-electron chi connectivity index (χ1n) is 12.5. The highest BCUT2D eigenvalue weighted by Crippen LogP contribution is 2.48. The van der Waals surface area contributed by atoms with E-state index in [2.05, 4.69) is 31.0 Å². The Hall–Kier alpha value is -1.75. The number of likely N-dealkylation sites (tertiary alicyclic amines) is 1. The lowest BCUT2D eigenvalue weighted by Crippen LogP contribution is -2.47. The van der Waals surface area contributed by atoms with Crippen LogP contribution < -0.4 is 5.32 Å². The first-order valence-corrected chi connectivity index (χ1v) is 12.5. The first kappa shape index (κ1) is 23.4. The average Bonchev–Trinajstić information content (AvgIpc) is 3.13. The molecule has 2 aliphatic carbocycles. The summed E-state index contributed by atoms with van der Waals surface area (Å²) in [6.07, 6.45) is 7.76. The molecule has 1 saturated heterocycles. The Morgan fingerprint density at radius 3 is 2.62 bits per heavy atom. The third kappa shape index (κ3) is 5.24. The topological polar surface area (TPSA) is 49.4 Å². The monoisotopic (exact) mass is 444 g/mol. The van der Waals surface area contributed by atoms with Crippen molar-refractivity contribution in [2.75, 3.05) is 19.6 Å². The lowest BCUT2D eigenvalue weighted by atomic mass is 9.63. The van der Waals surface area contributed by atoms with E-state index in [0.717, 1.165) is 69.3 Å². The molecule has 1 amide bonds. The zero-order valence-electron chi connectivity index (χ0n) is 20.0. The summed E-state index contributed by atoms with van der Waals surface area (Å²) in [5.41, 5.74) is 2.52. The maximum Gasteiger partial charge on any atom is 0.221 e. The number of nitrogens with one attached hydrogen (secondary N) is 1. The van der Waals surface area contributed by atoms with Crippen LogP contribution in [0.5, 0.6) is 0 Å². The minimum atomic E-state index is -0.193. The van der Waals surface area contributed by atoms with Crippen LogP contribution in [0.1, 0.15) is 97.2 Å². The molecule has 178 valence electrons. The number of benzene rings is 1. The molecule has 1 aromatic rings. The second-order valence-corrected chi connectivity index (χ2v) is 11.6. The average molecular weight is 445 g/mol. The summed E-state index contributed by atoms with van der Waals surface area (Å²) in [4.78, 5) is 27.2. The molecule has 5 heteroatoms. The predicted octanol–water partition coefficient (Wildman–Crippen LogP) is 5.55. The minimum Gasteiger partial charge on any atom is -0.349 e. The normalized spacial score (nSPS) is 25.7. The number of nitrogens with zero attached hydrogens (tertiary/aromatic N) is 1. The van der Waals surface area contributed by atoms with Crippen LogP contribution in [-0.4, -0.2) is 36.2 Å². The van der Waals surface area contributed by atoms with Crippen molar-refractivity contribution in [3.05, 3.63) is 35.1 Å². The molecule has 2 atom stereocenters. The highest BCUT2D eigenvalue weighted by Gasteiger charge is 2.42. The molecule has 3 aliphatic rings. The van der Waals surface area contributed by atoms with E-state index in [4.69, 9.17) is 0 Å². The van der Waals surface area contributed by atoms with Gasteiger partial charge in [-0.25, -0.2) is 4.39 Å². The van der Waals surface area contributed by atoms with Gasteiger partial charge in [-0.2, -0.15) is 0 Å². The lowest BCUT2D eigenvalue weighted by molar-refractivity contribution is -0.128. The molecule has 32 heavy (non-hydrogen) atoms. The van der Waals surface area contributed by atoms with E-state index < -0.39 is 0 Å². The van der Waals surface area contributed by atoms with E-state index >= 15 is 0 Å². The number of piperidine rings is 1. The molecule has 4 rings (SSSR count). The Labute approximate surface area is 193 Å². The number of carbonyl (C=O) groups excluding carboxylic acids is 2. The molecule has 1 aromatic carbocycles. The third-order valence-corrected chi connectivity index (χ3v) is 8.06. The largest absolute Gasteiger partial charge is 0.349 e. The summed E-state index contributed by atoms with van der Waals surface area (Å²) in [5, 5.41) is 3.19. The van der Waals surface area contributed by atoms with Gasteiger partial charge in [0.05, 0.1) is 6.04 Å². The molecule has 1 spiro atoms. The van der Waals surface area contributed by atoms with Crippen molar-refractivity contribution >= 4 is 11.7 Å². The van der Waals surface area contributed by atoms with Crippen LogP contribution in [0.15, 0.2) is 18.2 Å². The fraction of sp³-hybridized carbons (Fsp3) is 0.704. The fourth-order valence-electron chi connectivity index (χ4n) is 5.95. The summed E-state index contributed by atoms with van der Waals surface area (Å²) in [6, 6.07) is 5.04.